The monoisotopic (exact) mass is 361 g/mol. The summed E-state index contributed by atoms with van der Waals surface area (Å²) in [4.78, 5) is 16.7. The van der Waals surface area contributed by atoms with E-state index in [2.05, 4.69) is 15.6 Å². The number of anilines is 2. The molecule has 3 aromatic rings. The second kappa shape index (κ2) is 7.37. The minimum atomic E-state index is -0.159. The van der Waals surface area contributed by atoms with Crippen LogP contribution in [0.4, 0.5) is 11.5 Å². The molecule has 1 aromatic heterocycles. The lowest BCUT2D eigenvalue weighted by Gasteiger charge is -2.14. The third-order valence-corrected chi connectivity index (χ3v) is 4.32. The van der Waals surface area contributed by atoms with Gasteiger partial charge in [-0.1, -0.05) is 30.3 Å². The number of carbonyl (C=O) groups excluding carboxylic acids is 1. The van der Waals surface area contributed by atoms with Crippen LogP contribution in [0.2, 0.25) is 0 Å². The van der Waals surface area contributed by atoms with Crippen LogP contribution >= 0.6 is 0 Å². The van der Waals surface area contributed by atoms with Crippen molar-refractivity contribution in [3.63, 3.8) is 0 Å². The lowest BCUT2D eigenvalue weighted by atomic mass is 10.1. The molecule has 6 nitrogen and oxygen atoms in total. The van der Waals surface area contributed by atoms with Gasteiger partial charge in [-0.25, -0.2) is 4.98 Å². The molecule has 0 spiro atoms. The zero-order chi connectivity index (χ0) is 18.6. The van der Waals surface area contributed by atoms with E-state index in [1.165, 1.54) is 0 Å². The number of nitrogens with one attached hydrogen (secondary N) is 2. The van der Waals surface area contributed by atoms with Crippen LogP contribution in [-0.2, 0) is 0 Å². The summed E-state index contributed by atoms with van der Waals surface area (Å²) in [6, 6.07) is 18.9. The molecule has 0 radical (unpaired) electrons. The fourth-order valence-corrected chi connectivity index (χ4v) is 2.83. The van der Waals surface area contributed by atoms with Crippen LogP contribution in [-0.4, -0.2) is 17.7 Å². The maximum absolute atomic E-state index is 12.4. The largest absolute Gasteiger partial charge is 0.454 e. The Bertz CT molecular complexity index is 943. The lowest BCUT2D eigenvalue weighted by Crippen LogP contribution is -2.26. The van der Waals surface area contributed by atoms with Gasteiger partial charge in [-0.15, -0.1) is 0 Å². The molecule has 1 amide bonds. The number of amides is 1. The number of aromatic nitrogens is 1. The topological polar surface area (TPSA) is 72.5 Å². The first-order valence-corrected chi connectivity index (χ1v) is 8.67. The zero-order valence-electron chi connectivity index (χ0n) is 14.8. The number of hydrogen-bond acceptors (Lipinski definition) is 5. The Morgan fingerprint density at radius 2 is 1.85 bits per heavy atom. The number of pyridine rings is 1. The summed E-state index contributed by atoms with van der Waals surface area (Å²) in [5.41, 5.74) is 2.40. The second-order valence-corrected chi connectivity index (χ2v) is 6.23. The number of carbonyl (C=O) groups is 1. The smallest absolute Gasteiger partial charge is 0.253 e. The predicted molar refractivity (Wildman–Crippen MR) is 102 cm³/mol. The van der Waals surface area contributed by atoms with Crippen LogP contribution in [0, 0.1) is 0 Å². The summed E-state index contributed by atoms with van der Waals surface area (Å²) >= 11 is 0. The molecule has 0 saturated heterocycles. The standard InChI is InChI=1S/C21H19N3O3/c1-14(15-5-3-2-4-6-15)23-21(25)16-7-10-20(22-12-16)24-17-8-9-18-19(11-17)27-13-26-18/h2-12,14H,13H2,1H3,(H,22,24)(H,23,25). The third kappa shape index (κ3) is 3.84. The molecule has 1 atom stereocenters. The van der Waals surface area contributed by atoms with Crippen molar-refractivity contribution in [2.75, 3.05) is 12.1 Å². The van der Waals surface area contributed by atoms with Crippen molar-refractivity contribution in [1.82, 2.24) is 10.3 Å². The van der Waals surface area contributed by atoms with Gasteiger partial charge in [0.25, 0.3) is 5.91 Å². The molecule has 0 aliphatic carbocycles. The molecule has 136 valence electrons. The Morgan fingerprint density at radius 3 is 2.63 bits per heavy atom. The highest BCUT2D eigenvalue weighted by atomic mass is 16.7. The summed E-state index contributed by atoms with van der Waals surface area (Å²) in [5, 5.41) is 6.17. The number of ether oxygens (including phenoxy) is 2. The van der Waals surface area contributed by atoms with Gasteiger partial charge in [-0.05, 0) is 36.8 Å². The highest BCUT2D eigenvalue weighted by Crippen LogP contribution is 2.34. The van der Waals surface area contributed by atoms with E-state index < -0.39 is 0 Å². The first kappa shape index (κ1) is 16.9. The molecule has 2 N–H and O–H groups in total. The predicted octanol–water partition coefficient (Wildman–Crippen LogP) is 4.04. The molecule has 1 unspecified atom stereocenters. The molecule has 1 aliphatic heterocycles. The maximum atomic E-state index is 12.4. The Hall–Kier alpha value is -3.54. The molecule has 6 heteroatoms. The molecule has 1 aliphatic rings. The second-order valence-electron chi connectivity index (χ2n) is 6.23. The van der Waals surface area contributed by atoms with Crippen molar-refractivity contribution in [3.8, 4) is 11.5 Å². The summed E-state index contributed by atoms with van der Waals surface area (Å²) in [6.07, 6.45) is 1.56. The number of nitrogens with zero attached hydrogens (tertiary/aromatic N) is 1. The van der Waals surface area contributed by atoms with Crippen LogP contribution in [0.3, 0.4) is 0 Å². The van der Waals surface area contributed by atoms with E-state index in [-0.39, 0.29) is 18.7 Å². The van der Waals surface area contributed by atoms with E-state index >= 15 is 0 Å². The number of rotatable bonds is 5. The van der Waals surface area contributed by atoms with Crippen LogP contribution in [0.25, 0.3) is 0 Å². The minimum Gasteiger partial charge on any atom is -0.454 e. The number of fused-ring (bicyclic) bond motifs is 1. The Kier molecular flexibility index (Phi) is 4.61. The number of hydrogen-bond donors (Lipinski definition) is 2. The van der Waals surface area contributed by atoms with Crippen molar-refractivity contribution in [3.05, 3.63) is 78.0 Å². The normalized spacial score (nSPS) is 13.1. The molecular weight excluding hydrogens is 342 g/mol. The van der Waals surface area contributed by atoms with Gasteiger partial charge in [0.15, 0.2) is 11.5 Å². The van der Waals surface area contributed by atoms with Crippen LogP contribution < -0.4 is 20.1 Å². The lowest BCUT2D eigenvalue weighted by molar-refractivity contribution is 0.0939. The quantitative estimate of drug-likeness (QED) is 0.717. The van der Waals surface area contributed by atoms with Crippen molar-refractivity contribution in [2.45, 2.75) is 13.0 Å². The first-order valence-electron chi connectivity index (χ1n) is 8.67. The van der Waals surface area contributed by atoms with Gasteiger partial charge in [0.2, 0.25) is 6.79 Å². The van der Waals surface area contributed by atoms with Crippen molar-refractivity contribution in [1.29, 1.82) is 0 Å². The highest BCUT2D eigenvalue weighted by molar-refractivity contribution is 5.94. The van der Waals surface area contributed by atoms with Crippen LogP contribution in [0.1, 0.15) is 28.9 Å². The Labute approximate surface area is 157 Å². The summed E-state index contributed by atoms with van der Waals surface area (Å²) < 4.78 is 10.7. The molecule has 0 bridgehead atoms. The van der Waals surface area contributed by atoms with E-state index in [0.717, 1.165) is 17.0 Å². The van der Waals surface area contributed by atoms with E-state index in [1.54, 1.807) is 18.3 Å². The maximum Gasteiger partial charge on any atom is 0.253 e. The van der Waals surface area contributed by atoms with Crippen LogP contribution in [0.15, 0.2) is 66.9 Å². The van der Waals surface area contributed by atoms with Gasteiger partial charge in [0.1, 0.15) is 5.82 Å². The molecule has 4 rings (SSSR count). The average molecular weight is 361 g/mol. The molecule has 0 saturated carbocycles. The van der Waals surface area contributed by atoms with Gasteiger partial charge in [0, 0.05) is 18.0 Å². The number of benzene rings is 2. The molecule has 27 heavy (non-hydrogen) atoms. The van der Waals surface area contributed by atoms with Gasteiger partial charge in [-0.2, -0.15) is 0 Å². The highest BCUT2D eigenvalue weighted by Gasteiger charge is 2.14. The Balaban J connectivity index is 1.40. The SMILES string of the molecule is CC(NC(=O)c1ccc(Nc2ccc3c(c2)OCO3)nc1)c1ccccc1. The van der Waals surface area contributed by atoms with Gasteiger partial charge in [-0.3, -0.25) is 4.79 Å². The fraction of sp³-hybridized carbons (Fsp3) is 0.143. The van der Waals surface area contributed by atoms with Crippen LogP contribution in [0.5, 0.6) is 11.5 Å². The molecule has 0 fully saturated rings. The first-order chi connectivity index (χ1) is 13.2. The van der Waals surface area contributed by atoms with E-state index in [4.69, 9.17) is 9.47 Å². The van der Waals surface area contributed by atoms with Crippen molar-refractivity contribution in [2.24, 2.45) is 0 Å². The average Bonchev–Trinajstić information content (AvgIpc) is 3.17. The zero-order valence-corrected chi connectivity index (χ0v) is 14.8. The summed E-state index contributed by atoms with van der Waals surface area (Å²) in [7, 11) is 0. The molecular formula is C21H19N3O3. The van der Waals surface area contributed by atoms with Gasteiger partial charge in [0.05, 0.1) is 11.6 Å². The summed E-state index contributed by atoms with van der Waals surface area (Å²) in [6.45, 7) is 2.19. The fourth-order valence-electron chi connectivity index (χ4n) is 2.83. The van der Waals surface area contributed by atoms with E-state index in [0.29, 0.717) is 17.1 Å². The van der Waals surface area contributed by atoms with Gasteiger partial charge < -0.3 is 20.1 Å². The Morgan fingerprint density at radius 1 is 1.04 bits per heavy atom. The van der Waals surface area contributed by atoms with E-state index in [9.17, 15) is 4.79 Å². The van der Waals surface area contributed by atoms with Crippen molar-refractivity contribution >= 4 is 17.4 Å². The summed E-state index contributed by atoms with van der Waals surface area (Å²) in [5.74, 6) is 1.91. The van der Waals surface area contributed by atoms with Crippen molar-refractivity contribution < 1.29 is 14.3 Å². The van der Waals surface area contributed by atoms with E-state index in [1.807, 2.05) is 55.5 Å². The molecule has 2 heterocycles. The van der Waals surface area contributed by atoms with Gasteiger partial charge >= 0.3 is 0 Å². The third-order valence-electron chi connectivity index (χ3n) is 4.32. The molecule has 2 aromatic carbocycles. The minimum absolute atomic E-state index is 0.0786.